The molecule has 1 aliphatic rings. The van der Waals surface area contributed by atoms with Crippen LogP contribution in [0.15, 0.2) is 18.2 Å². The van der Waals surface area contributed by atoms with E-state index in [-0.39, 0.29) is 12.4 Å². The third-order valence-corrected chi connectivity index (χ3v) is 4.50. The second kappa shape index (κ2) is 4.78. The van der Waals surface area contributed by atoms with E-state index in [2.05, 4.69) is 4.98 Å². The Balaban J connectivity index is 2.06. The highest BCUT2D eigenvalue weighted by Crippen LogP contribution is 2.34. The van der Waals surface area contributed by atoms with Gasteiger partial charge in [0, 0.05) is 10.4 Å². The lowest BCUT2D eigenvalue weighted by molar-refractivity contribution is 0.282. The molecule has 0 saturated heterocycles. The first-order valence-electron chi connectivity index (χ1n) is 6.16. The van der Waals surface area contributed by atoms with Crippen molar-refractivity contribution in [3.05, 3.63) is 40.2 Å². The number of aliphatic hydroxyl groups is 1. The predicted octanol–water partition coefficient (Wildman–Crippen LogP) is 3.32. The van der Waals surface area contributed by atoms with E-state index in [0.717, 1.165) is 23.4 Å². The van der Waals surface area contributed by atoms with Crippen molar-refractivity contribution in [1.82, 2.24) is 4.98 Å². The molecule has 1 aromatic carbocycles. The van der Waals surface area contributed by atoms with E-state index in [0.29, 0.717) is 5.56 Å². The van der Waals surface area contributed by atoms with Crippen molar-refractivity contribution >= 4 is 11.3 Å². The number of hydrogen-bond acceptors (Lipinski definition) is 3. The third kappa shape index (κ3) is 2.06. The van der Waals surface area contributed by atoms with E-state index in [9.17, 15) is 9.50 Å². The molecule has 0 fully saturated rings. The maximum absolute atomic E-state index is 13.1. The summed E-state index contributed by atoms with van der Waals surface area (Å²) < 4.78 is 13.1. The standard InChI is InChI=1S/C14H14FNOS/c15-10-5-6-11(9(7-10)8-17)14-16-12-3-1-2-4-13(12)18-14/h5-7,17H,1-4,8H2. The maximum atomic E-state index is 13.1. The van der Waals surface area contributed by atoms with Gasteiger partial charge in [-0.05, 0) is 49.4 Å². The van der Waals surface area contributed by atoms with Crippen LogP contribution in [0.4, 0.5) is 4.39 Å². The van der Waals surface area contributed by atoms with Crippen LogP contribution >= 0.6 is 11.3 Å². The average Bonchev–Trinajstić information content (AvgIpc) is 2.82. The van der Waals surface area contributed by atoms with Gasteiger partial charge in [0.05, 0.1) is 12.3 Å². The van der Waals surface area contributed by atoms with Gasteiger partial charge in [0.15, 0.2) is 0 Å². The van der Waals surface area contributed by atoms with Crippen LogP contribution in [0.3, 0.4) is 0 Å². The van der Waals surface area contributed by atoms with E-state index in [1.807, 2.05) is 0 Å². The SMILES string of the molecule is OCc1cc(F)ccc1-c1nc2c(s1)CCCC2. The molecule has 1 heterocycles. The third-order valence-electron chi connectivity index (χ3n) is 3.31. The molecule has 1 N–H and O–H groups in total. The number of hydrogen-bond donors (Lipinski definition) is 1. The molecule has 0 amide bonds. The molecule has 18 heavy (non-hydrogen) atoms. The van der Waals surface area contributed by atoms with Gasteiger partial charge >= 0.3 is 0 Å². The molecule has 0 radical (unpaired) electrons. The Morgan fingerprint density at radius 1 is 1.28 bits per heavy atom. The fourth-order valence-electron chi connectivity index (χ4n) is 2.37. The van der Waals surface area contributed by atoms with E-state index in [1.165, 1.54) is 35.5 Å². The number of halogens is 1. The number of benzene rings is 1. The highest BCUT2D eigenvalue weighted by Gasteiger charge is 2.17. The van der Waals surface area contributed by atoms with Gasteiger partial charge in [-0.1, -0.05) is 0 Å². The molecule has 0 saturated carbocycles. The van der Waals surface area contributed by atoms with Crippen molar-refractivity contribution in [2.24, 2.45) is 0 Å². The number of aryl methyl sites for hydroxylation is 2. The Morgan fingerprint density at radius 2 is 2.11 bits per heavy atom. The second-order valence-corrected chi connectivity index (χ2v) is 5.64. The van der Waals surface area contributed by atoms with Gasteiger partial charge in [-0.25, -0.2) is 9.37 Å². The van der Waals surface area contributed by atoms with Crippen molar-refractivity contribution in [2.45, 2.75) is 32.3 Å². The number of nitrogens with zero attached hydrogens (tertiary/aromatic N) is 1. The molecule has 0 spiro atoms. The van der Waals surface area contributed by atoms with Gasteiger partial charge in [0.25, 0.3) is 0 Å². The number of rotatable bonds is 2. The second-order valence-electron chi connectivity index (χ2n) is 4.56. The largest absolute Gasteiger partial charge is 0.392 e. The van der Waals surface area contributed by atoms with Gasteiger partial charge in [-0.2, -0.15) is 0 Å². The summed E-state index contributed by atoms with van der Waals surface area (Å²) in [6, 6.07) is 4.52. The minimum Gasteiger partial charge on any atom is -0.392 e. The van der Waals surface area contributed by atoms with Crippen LogP contribution in [-0.4, -0.2) is 10.1 Å². The zero-order valence-electron chi connectivity index (χ0n) is 9.95. The molecule has 94 valence electrons. The molecule has 4 heteroatoms. The summed E-state index contributed by atoms with van der Waals surface area (Å²) in [5, 5.41) is 10.2. The number of thiazole rings is 1. The van der Waals surface area contributed by atoms with Gasteiger partial charge in [0.2, 0.25) is 0 Å². The summed E-state index contributed by atoms with van der Waals surface area (Å²) in [4.78, 5) is 6.00. The van der Waals surface area contributed by atoms with Crippen LogP contribution in [-0.2, 0) is 19.4 Å². The van der Waals surface area contributed by atoms with Gasteiger partial charge in [-0.15, -0.1) is 11.3 Å². The van der Waals surface area contributed by atoms with Crippen molar-refractivity contribution in [3.63, 3.8) is 0 Å². The molecular weight excluding hydrogens is 249 g/mol. The molecule has 2 nitrogen and oxygen atoms in total. The molecule has 0 aliphatic heterocycles. The van der Waals surface area contributed by atoms with Crippen LogP contribution in [0.5, 0.6) is 0 Å². The lowest BCUT2D eigenvalue weighted by Crippen LogP contribution is -1.99. The van der Waals surface area contributed by atoms with Crippen LogP contribution in [0.25, 0.3) is 10.6 Å². The van der Waals surface area contributed by atoms with Gasteiger partial charge < -0.3 is 5.11 Å². The van der Waals surface area contributed by atoms with Crippen molar-refractivity contribution in [1.29, 1.82) is 0 Å². The lowest BCUT2D eigenvalue weighted by atomic mass is 10.0. The summed E-state index contributed by atoms with van der Waals surface area (Å²) in [6.07, 6.45) is 4.57. The molecule has 1 aliphatic carbocycles. The normalized spacial score (nSPS) is 14.6. The average molecular weight is 263 g/mol. The predicted molar refractivity (Wildman–Crippen MR) is 70.1 cm³/mol. The Labute approximate surface area is 109 Å². The van der Waals surface area contributed by atoms with E-state index >= 15 is 0 Å². The fraction of sp³-hybridized carbons (Fsp3) is 0.357. The first kappa shape index (κ1) is 11.8. The Morgan fingerprint density at radius 3 is 2.89 bits per heavy atom. The first-order valence-corrected chi connectivity index (χ1v) is 6.98. The molecule has 0 bridgehead atoms. The quantitative estimate of drug-likeness (QED) is 0.901. The smallest absolute Gasteiger partial charge is 0.124 e. The minimum absolute atomic E-state index is 0.155. The van der Waals surface area contributed by atoms with Crippen molar-refractivity contribution in [3.8, 4) is 10.6 Å². The summed E-state index contributed by atoms with van der Waals surface area (Å²) in [5.74, 6) is -0.316. The zero-order chi connectivity index (χ0) is 12.5. The van der Waals surface area contributed by atoms with Gasteiger partial charge in [-0.3, -0.25) is 0 Å². The molecule has 0 atom stereocenters. The molecule has 1 aromatic heterocycles. The maximum Gasteiger partial charge on any atom is 0.124 e. The van der Waals surface area contributed by atoms with Crippen LogP contribution in [0, 0.1) is 5.82 Å². The molecule has 0 unspecified atom stereocenters. The Kier molecular flexibility index (Phi) is 3.14. The summed E-state index contributed by atoms with van der Waals surface area (Å²) in [6.45, 7) is -0.155. The molecule has 3 rings (SSSR count). The van der Waals surface area contributed by atoms with Crippen LogP contribution in [0.2, 0.25) is 0 Å². The van der Waals surface area contributed by atoms with E-state index in [1.54, 1.807) is 17.4 Å². The van der Waals surface area contributed by atoms with Crippen LogP contribution < -0.4 is 0 Å². The Bertz CT molecular complexity index is 556. The van der Waals surface area contributed by atoms with Crippen molar-refractivity contribution in [2.75, 3.05) is 0 Å². The minimum atomic E-state index is -0.316. The molecule has 2 aromatic rings. The highest BCUT2D eigenvalue weighted by molar-refractivity contribution is 7.15. The number of aromatic nitrogens is 1. The molecular formula is C14H14FNOS. The number of fused-ring (bicyclic) bond motifs is 1. The highest BCUT2D eigenvalue weighted by atomic mass is 32.1. The number of aliphatic hydroxyl groups excluding tert-OH is 1. The topological polar surface area (TPSA) is 33.1 Å². The van der Waals surface area contributed by atoms with E-state index < -0.39 is 0 Å². The fourth-order valence-corrected chi connectivity index (χ4v) is 3.58. The van der Waals surface area contributed by atoms with Crippen LogP contribution in [0.1, 0.15) is 29.0 Å². The van der Waals surface area contributed by atoms with E-state index in [4.69, 9.17) is 0 Å². The monoisotopic (exact) mass is 263 g/mol. The zero-order valence-corrected chi connectivity index (χ0v) is 10.8. The lowest BCUT2D eigenvalue weighted by Gasteiger charge is -2.06. The summed E-state index contributed by atoms with van der Waals surface area (Å²) in [5.41, 5.74) is 2.66. The first-order chi connectivity index (χ1) is 8.78. The summed E-state index contributed by atoms with van der Waals surface area (Å²) in [7, 11) is 0. The Hall–Kier alpha value is -1.26. The summed E-state index contributed by atoms with van der Waals surface area (Å²) >= 11 is 1.68. The van der Waals surface area contributed by atoms with Gasteiger partial charge in [0.1, 0.15) is 10.8 Å². The van der Waals surface area contributed by atoms with Crippen molar-refractivity contribution < 1.29 is 9.50 Å².